The molecule has 19 heavy (non-hydrogen) atoms. The molecule has 0 aromatic heterocycles. The van der Waals surface area contributed by atoms with Crippen LogP contribution >= 0.6 is 0 Å². The van der Waals surface area contributed by atoms with Crippen molar-refractivity contribution in [2.45, 2.75) is 51.0 Å². The summed E-state index contributed by atoms with van der Waals surface area (Å²) in [6.07, 6.45) is 6.19. The highest BCUT2D eigenvalue weighted by Gasteiger charge is 2.49. The molecule has 0 aromatic carbocycles. The molecular formula is C13H23N3O3. The van der Waals surface area contributed by atoms with Crippen LogP contribution in [0, 0.1) is 5.41 Å². The second-order valence-corrected chi connectivity index (χ2v) is 5.58. The fourth-order valence-corrected chi connectivity index (χ4v) is 3.18. The van der Waals surface area contributed by atoms with E-state index in [1.54, 1.807) is 4.90 Å². The number of aliphatic hydroxyl groups is 1. The number of amidine groups is 1. The first-order valence-corrected chi connectivity index (χ1v) is 7.05. The molecule has 2 aliphatic rings. The Morgan fingerprint density at radius 3 is 2.37 bits per heavy atom. The zero-order chi connectivity index (χ0) is 13.9. The van der Waals surface area contributed by atoms with Crippen LogP contribution in [0.4, 0.5) is 0 Å². The van der Waals surface area contributed by atoms with E-state index in [2.05, 4.69) is 5.16 Å². The zero-order valence-corrected chi connectivity index (χ0v) is 11.2. The van der Waals surface area contributed by atoms with Crippen LogP contribution in [0.15, 0.2) is 5.16 Å². The molecule has 4 N–H and O–H groups in total. The lowest BCUT2D eigenvalue weighted by Crippen LogP contribution is -2.55. The van der Waals surface area contributed by atoms with E-state index in [-0.39, 0.29) is 24.4 Å². The predicted octanol–water partition coefficient (Wildman–Crippen LogP) is 0.667. The summed E-state index contributed by atoms with van der Waals surface area (Å²) in [7, 11) is 0. The molecule has 0 unspecified atom stereocenters. The summed E-state index contributed by atoms with van der Waals surface area (Å²) in [6.45, 7) is 0.290. The number of rotatable bonds is 5. The van der Waals surface area contributed by atoms with Crippen molar-refractivity contribution in [3.05, 3.63) is 0 Å². The zero-order valence-electron chi connectivity index (χ0n) is 11.2. The molecule has 0 bridgehead atoms. The van der Waals surface area contributed by atoms with Gasteiger partial charge in [-0.05, 0) is 32.1 Å². The van der Waals surface area contributed by atoms with Crippen LogP contribution in [-0.4, -0.2) is 46.1 Å². The van der Waals surface area contributed by atoms with Gasteiger partial charge >= 0.3 is 0 Å². The second kappa shape index (κ2) is 5.77. The monoisotopic (exact) mass is 269 g/mol. The molecule has 2 rings (SSSR count). The van der Waals surface area contributed by atoms with E-state index >= 15 is 0 Å². The van der Waals surface area contributed by atoms with E-state index in [0.29, 0.717) is 19.4 Å². The molecule has 0 radical (unpaired) electrons. The van der Waals surface area contributed by atoms with Crippen LogP contribution in [0.2, 0.25) is 0 Å². The van der Waals surface area contributed by atoms with Crippen molar-refractivity contribution >= 4 is 11.7 Å². The quantitative estimate of drug-likeness (QED) is 0.295. The Bertz CT molecular complexity index is 360. The van der Waals surface area contributed by atoms with Crippen LogP contribution in [0.25, 0.3) is 0 Å². The Balaban J connectivity index is 2.22. The number of nitrogens with two attached hydrogens (primary N) is 1. The van der Waals surface area contributed by atoms with Gasteiger partial charge in [0.2, 0.25) is 5.91 Å². The van der Waals surface area contributed by atoms with Crippen molar-refractivity contribution in [3.8, 4) is 0 Å². The predicted molar refractivity (Wildman–Crippen MR) is 70.7 cm³/mol. The van der Waals surface area contributed by atoms with Gasteiger partial charge < -0.3 is 20.9 Å². The molecule has 2 fully saturated rings. The van der Waals surface area contributed by atoms with Crippen LogP contribution < -0.4 is 5.73 Å². The number of carbonyl (C=O) groups is 1. The van der Waals surface area contributed by atoms with Gasteiger partial charge in [0.15, 0.2) is 5.84 Å². The Morgan fingerprint density at radius 2 is 1.95 bits per heavy atom. The molecule has 0 aliphatic heterocycles. The third kappa shape index (κ3) is 2.41. The van der Waals surface area contributed by atoms with Gasteiger partial charge in [0, 0.05) is 12.6 Å². The lowest BCUT2D eigenvalue weighted by atomic mass is 9.81. The Kier molecular flexibility index (Phi) is 4.29. The molecule has 2 saturated carbocycles. The van der Waals surface area contributed by atoms with Crippen molar-refractivity contribution in [1.82, 2.24) is 4.90 Å². The van der Waals surface area contributed by atoms with E-state index in [4.69, 9.17) is 10.9 Å². The van der Waals surface area contributed by atoms with Crippen molar-refractivity contribution < 1.29 is 15.1 Å². The number of hydrogen-bond donors (Lipinski definition) is 3. The molecule has 0 atom stereocenters. The van der Waals surface area contributed by atoms with E-state index in [1.165, 1.54) is 0 Å². The maximum absolute atomic E-state index is 12.8. The van der Waals surface area contributed by atoms with Crippen LogP contribution in [0.5, 0.6) is 0 Å². The van der Waals surface area contributed by atoms with Gasteiger partial charge in [0.05, 0.1) is 6.61 Å². The summed E-state index contributed by atoms with van der Waals surface area (Å²) < 4.78 is 0. The number of amides is 1. The molecule has 2 aliphatic carbocycles. The first-order valence-electron chi connectivity index (χ1n) is 7.05. The van der Waals surface area contributed by atoms with Crippen molar-refractivity contribution in [2.24, 2.45) is 16.3 Å². The minimum absolute atomic E-state index is 0.0252. The lowest BCUT2D eigenvalue weighted by molar-refractivity contribution is -0.143. The van der Waals surface area contributed by atoms with E-state index in [1.807, 2.05) is 0 Å². The summed E-state index contributed by atoms with van der Waals surface area (Å²) in [5.41, 5.74) is 4.95. The maximum Gasteiger partial charge on any atom is 0.236 e. The third-order valence-electron chi connectivity index (χ3n) is 4.58. The van der Waals surface area contributed by atoms with Gasteiger partial charge in [-0.3, -0.25) is 4.79 Å². The molecule has 6 heteroatoms. The van der Waals surface area contributed by atoms with E-state index in [9.17, 15) is 9.90 Å². The molecule has 0 heterocycles. The van der Waals surface area contributed by atoms with E-state index in [0.717, 1.165) is 32.1 Å². The Labute approximate surface area is 113 Å². The summed E-state index contributed by atoms with van der Waals surface area (Å²) in [6, 6.07) is 0.212. The third-order valence-corrected chi connectivity index (χ3v) is 4.58. The average Bonchev–Trinajstić information content (AvgIpc) is 2.85. The summed E-state index contributed by atoms with van der Waals surface area (Å²) in [5.74, 6) is -0.0451. The Hall–Kier alpha value is -1.30. The molecular weight excluding hydrogens is 246 g/mol. The molecule has 0 aromatic rings. The van der Waals surface area contributed by atoms with Gasteiger partial charge in [-0.1, -0.05) is 18.0 Å². The number of hydrogen-bond acceptors (Lipinski definition) is 4. The minimum atomic E-state index is -0.848. The number of nitrogens with zero attached hydrogens (tertiary/aromatic N) is 2. The summed E-state index contributed by atoms with van der Waals surface area (Å²) >= 11 is 0. The van der Waals surface area contributed by atoms with E-state index < -0.39 is 5.41 Å². The fraction of sp³-hybridized carbons (Fsp3) is 0.846. The van der Waals surface area contributed by atoms with Gasteiger partial charge in [-0.25, -0.2) is 0 Å². The van der Waals surface area contributed by atoms with Crippen LogP contribution in [-0.2, 0) is 4.79 Å². The minimum Gasteiger partial charge on any atom is -0.409 e. The second-order valence-electron chi connectivity index (χ2n) is 5.58. The topological polar surface area (TPSA) is 99.2 Å². The number of carbonyl (C=O) groups excluding carboxylic acids is 1. The average molecular weight is 269 g/mol. The molecule has 1 amide bonds. The van der Waals surface area contributed by atoms with Crippen molar-refractivity contribution in [1.29, 1.82) is 0 Å². The lowest BCUT2D eigenvalue weighted by Gasteiger charge is -2.41. The molecule has 0 spiro atoms. The SMILES string of the molecule is NC(=NO)C1(C(=O)N(CCO)C2CCC2)CCCC1. The first kappa shape index (κ1) is 14.1. The van der Waals surface area contributed by atoms with Crippen molar-refractivity contribution in [3.63, 3.8) is 0 Å². The summed E-state index contributed by atoms with van der Waals surface area (Å²) in [5, 5.41) is 21.2. The fourth-order valence-electron chi connectivity index (χ4n) is 3.18. The molecule has 108 valence electrons. The van der Waals surface area contributed by atoms with Gasteiger partial charge in [0.25, 0.3) is 0 Å². The number of aliphatic hydroxyl groups excluding tert-OH is 1. The highest BCUT2D eigenvalue weighted by molar-refractivity contribution is 6.07. The summed E-state index contributed by atoms with van der Waals surface area (Å²) in [4.78, 5) is 14.6. The highest BCUT2D eigenvalue weighted by Crippen LogP contribution is 2.41. The standard InChI is InChI=1S/C13H23N3O3/c14-11(15-19)13(6-1-2-7-13)12(18)16(8-9-17)10-4-3-5-10/h10,17,19H,1-9H2,(H2,14,15). The number of oxime groups is 1. The first-order chi connectivity index (χ1) is 9.15. The van der Waals surface area contributed by atoms with Crippen molar-refractivity contribution in [2.75, 3.05) is 13.2 Å². The van der Waals surface area contributed by atoms with Crippen LogP contribution in [0.3, 0.4) is 0 Å². The van der Waals surface area contributed by atoms with Gasteiger partial charge in [-0.15, -0.1) is 0 Å². The highest BCUT2D eigenvalue weighted by atomic mass is 16.4. The molecule has 0 saturated heterocycles. The van der Waals surface area contributed by atoms with Crippen LogP contribution in [0.1, 0.15) is 44.9 Å². The largest absolute Gasteiger partial charge is 0.409 e. The van der Waals surface area contributed by atoms with Gasteiger partial charge in [-0.2, -0.15) is 0 Å². The normalized spacial score (nSPS) is 23.1. The maximum atomic E-state index is 12.8. The van der Waals surface area contributed by atoms with Gasteiger partial charge in [0.1, 0.15) is 5.41 Å². The smallest absolute Gasteiger partial charge is 0.236 e. The molecule has 6 nitrogen and oxygen atoms in total. The Morgan fingerprint density at radius 1 is 1.32 bits per heavy atom.